The van der Waals surface area contributed by atoms with Crippen LogP contribution in [0.3, 0.4) is 0 Å². The molecule has 12 aromatic rings. The molecule has 0 amide bonds. The summed E-state index contributed by atoms with van der Waals surface area (Å²) >= 11 is 0. The first-order valence-corrected chi connectivity index (χ1v) is 27.3. The molecule has 376 valence electrons. The van der Waals surface area contributed by atoms with E-state index in [9.17, 15) is 0 Å². The molecule has 13 rings (SSSR count). The molecule has 2 N–H and O–H groups in total. The Morgan fingerprint density at radius 2 is 0.815 bits per heavy atom. The van der Waals surface area contributed by atoms with Crippen LogP contribution < -0.4 is 42.5 Å². The minimum absolute atomic E-state index is 0.157. The van der Waals surface area contributed by atoms with Gasteiger partial charge in [-0.3, -0.25) is 5.01 Å². The average Bonchev–Trinajstić information content (AvgIpc) is 4.14. The normalized spacial score (nSPS) is 12.4. The standard InChI is InChI=1S/C72H51B4N5/c73-66-67(74)71(79(55-34-18-30-52(44-55)48-22-6-1-7-23-48)56-35-19-31-53(45-56)49-24-8-2-9-25-49)69(76)72(68(66)75)81(77)59-37-20-36-57(46-59)78(70-60(50-26-10-3-11-27-50)39-21-40-61(70)51-28-12-4-13-29-51)58-42-43-63-62-38-16-17-41-64(62)80(65(63)47-58)54-32-14-5-15-33-54/h1-20,22-39,41-47H,21,40,77H2. The van der Waals surface area contributed by atoms with Gasteiger partial charge in [0.2, 0.25) is 0 Å². The van der Waals surface area contributed by atoms with Crippen LogP contribution in [0.15, 0.2) is 279 Å². The van der Waals surface area contributed by atoms with Crippen LogP contribution in [-0.2, 0) is 0 Å². The highest BCUT2D eigenvalue weighted by Gasteiger charge is 2.29. The highest BCUT2D eigenvalue weighted by Crippen LogP contribution is 2.47. The zero-order chi connectivity index (χ0) is 55.0. The number of aromatic nitrogens is 1. The highest BCUT2D eigenvalue weighted by atomic mass is 15.4. The van der Waals surface area contributed by atoms with Crippen molar-refractivity contribution in [1.29, 1.82) is 0 Å². The fourth-order valence-electron chi connectivity index (χ4n) is 11.7. The van der Waals surface area contributed by atoms with Gasteiger partial charge in [-0.15, -0.1) is 5.46 Å². The van der Waals surface area contributed by atoms with Crippen molar-refractivity contribution >= 4 is 126 Å². The second kappa shape index (κ2) is 21.9. The summed E-state index contributed by atoms with van der Waals surface area (Å²) in [7, 11) is 29.0. The summed E-state index contributed by atoms with van der Waals surface area (Å²) in [5, 5.41) is 3.86. The summed E-state index contributed by atoms with van der Waals surface area (Å²) in [5.41, 5.74) is 18.6. The molecule has 1 aliphatic carbocycles. The molecule has 5 nitrogen and oxygen atoms in total. The van der Waals surface area contributed by atoms with Gasteiger partial charge in [0, 0.05) is 56.2 Å². The van der Waals surface area contributed by atoms with Gasteiger partial charge in [-0.05, 0) is 130 Å². The minimum atomic E-state index is 0.157. The second-order valence-electron chi connectivity index (χ2n) is 20.4. The van der Waals surface area contributed by atoms with E-state index >= 15 is 0 Å². The summed E-state index contributed by atoms with van der Waals surface area (Å²) < 4.78 is 2.36. The molecular weight excluding hydrogens is 978 g/mol. The van der Waals surface area contributed by atoms with Crippen LogP contribution in [0.5, 0.6) is 0 Å². The number of hydrazine groups is 1. The van der Waals surface area contributed by atoms with E-state index in [1.54, 1.807) is 5.01 Å². The zero-order valence-corrected chi connectivity index (χ0v) is 44.6. The third-order valence-electron chi connectivity index (χ3n) is 15.5. The molecule has 0 saturated heterocycles. The maximum atomic E-state index is 7.58. The van der Waals surface area contributed by atoms with Gasteiger partial charge in [0.1, 0.15) is 31.4 Å². The van der Waals surface area contributed by atoms with E-state index in [4.69, 9.17) is 37.2 Å². The molecule has 0 aliphatic heterocycles. The summed E-state index contributed by atoms with van der Waals surface area (Å²) in [6.45, 7) is 0. The largest absolute Gasteiger partial charge is 0.312 e. The van der Waals surface area contributed by atoms with Gasteiger partial charge in [-0.25, -0.2) is 5.84 Å². The predicted octanol–water partition coefficient (Wildman–Crippen LogP) is 14.2. The number of fused-ring (bicyclic) bond motifs is 3. The molecule has 0 unspecified atom stereocenters. The van der Waals surface area contributed by atoms with Crippen molar-refractivity contribution < 1.29 is 0 Å². The molecule has 1 heterocycles. The highest BCUT2D eigenvalue weighted by molar-refractivity contribution is 6.64. The molecule has 11 aromatic carbocycles. The first-order chi connectivity index (χ1) is 39.8. The van der Waals surface area contributed by atoms with E-state index in [-0.39, 0.29) is 21.9 Å². The van der Waals surface area contributed by atoms with Gasteiger partial charge >= 0.3 is 0 Å². The summed E-state index contributed by atoms with van der Waals surface area (Å²) in [5.74, 6) is 7.52. The zero-order valence-electron chi connectivity index (χ0n) is 44.6. The summed E-state index contributed by atoms with van der Waals surface area (Å²) in [6, 6.07) is 92.8. The molecule has 1 aliphatic rings. The molecule has 0 spiro atoms. The monoisotopic (exact) mass is 1030 g/mol. The lowest BCUT2D eigenvalue weighted by Crippen LogP contribution is -2.50. The van der Waals surface area contributed by atoms with Crippen LogP contribution in [0.2, 0.25) is 0 Å². The molecule has 1 aromatic heterocycles. The van der Waals surface area contributed by atoms with Crippen LogP contribution in [-0.4, -0.2) is 36.0 Å². The van der Waals surface area contributed by atoms with Crippen molar-refractivity contribution in [3.05, 3.63) is 290 Å². The van der Waals surface area contributed by atoms with Gasteiger partial charge < -0.3 is 14.4 Å². The van der Waals surface area contributed by atoms with Crippen LogP contribution >= 0.6 is 0 Å². The Kier molecular flexibility index (Phi) is 13.7. The van der Waals surface area contributed by atoms with Gasteiger partial charge in [-0.1, -0.05) is 211 Å². The van der Waals surface area contributed by atoms with Crippen LogP contribution in [0.1, 0.15) is 24.0 Å². The van der Waals surface area contributed by atoms with Crippen LogP contribution in [0.4, 0.5) is 39.8 Å². The molecule has 0 atom stereocenters. The van der Waals surface area contributed by atoms with Crippen molar-refractivity contribution in [1.82, 2.24) is 4.57 Å². The lowest BCUT2D eigenvalue weighted by Gasteiger charge is -2.36. The van der Waals surface area contributed by atoms with Crippen molar-refractivity contribution in [3.8, 4) is 27.9 Å². The number of para-hydroxylation sites is 2. The lowest BCUT2D eigenvalue weighted by atomic mass is 9.66. The Morgan fingerprint density at radius 3 is 1.43 bits per heavy atom. The fraction of sp³-hybridized carbons (Fsp3) is 0.0278. The summed E-state index contributed by atoms with van der Waals surface area (Å²) in [4.78, 5) is 4.44. The molecule has 0 fully saturated rings. The van der Waals surface area contributed by atoms with Crippen molar-refractivity contribution in [2.75, 3.05) is 14.8 Å². The first kappa shape index (κ1) is 50.8. The molecule has 0 bridgehead atoms. The van der Waals surface area contributed by atoms with Crippen molar-refractivity contribution in [2.24, 2.45) is 5.84 Å². The number of benzene rings is 11. The smallest absolute Gasteiger partial charge is 0.119 e. The van der Waals surface area contributed by atoms with Crippen LogP contribution in [0.25, 0.3) is 60.9 Å². The maximum absolute atomic E-state index is 7.58. The Morgan fingerprint density at radius 1 is 0.346 bits per heavy atom. The lowest BCUT2D eigenvalue weighted by molar-refractivity contribution is 1.02. The topological polar surface area (TPSA) is 40.7 Å². The van der Waals surface area contributed by atoms with Crippen molar-refractivity contribution in [3.63, 3.8) is 0 Å². The number of nitrogens with two attached hydrogens (primary N) is 1. The molecule has 8 radical (unpaired) electrons. The van der Waals surface area contributed by atoms with Crippen LogP contribution in [0, 0.1) is 0 Å². The number of nitrogens with zero attached hydrogens (tertiary/aromatic N) is 4. The Balaban J connectivity index is 1.02. The van der Waals surface area contributed by atoms with Gasteiger partial charge in [0.05, 0.1) is 22.4 Å². The van der Waals surface area contributed by atoms with Gasteiger partial charge in [0.15, 0.2) is 0 Å². The molecular formula is C72H51B4N5. The fourth-order valence-corrected chi connectivity index (χ4v) is 11.7. The number of rotatable bonds is 13. The molecule has 0 saturated carbocycles. The maximum Gasteiger partial charge on any atom is 0.119 e. The molecule has 81 heavy (non-hydrogen) atoms. The number of hydrogen-bond donors (Lipinski definition) is 1. The third-order valence-corrected chi connectivity index (χ3v) is 15.5. The average molecular weight is 1030 g/mol. The van der Waals surface area contributed by atoms with E-state index in [2.05, 4.69) is 215 Å². The number of allylic oxidation sites excluding steroid dienone is 3. The minimum Gasteiger partial charge on any atom is -0.312 e. The first-order valence-electron chi connectivity index (χ1n) is 27.3. The second-order valence-corrected chi connectivity index (χ2v) is 20.4. The SMILES string of the molecule is [B]c1c([B])c(N(N)c2cccc(N(C3=C(c4ccccc4)CCC=C3c3ccccc3)c3ccc4c5ccccc5n(-c5ccccc5)c4c3)c2)c([B])c(N(c2cccc(-c3ccccc3)c2)c2cccc(-c3ccccc3)c2)c1[B]. The number of hydrogen-bond acceptors (Lipinski definition) is 4. The predicted molar refractivity (Wildman–Crippen MR) is 346 cm³/mol. The quantitative estimate of drug-likeness (QED) is 0.0710. The molecule has 9 heteroatoms. The Bertz CT molecular complexity index is 4270. The summed E-state index contributed by atoms with van der Waals surface area (Å²) in [6.07, 6.45) is 4.06. The Hall–Kier alpha value is -9.68. The van der Waals surface area contributed by atoms with E-state index in [1.807, 2.05) is 72.8 Å². The van der Waals surface area contributed by atoms with Gasteiger partial charge in [0.25, 0.3) is 0 Å². The van der Waals surface area contributed by atoms with Gasteiger partial charge in [-0.2, -0.15) is 0 Å². The van der Waals surface area contributed by atoms with Crippen molar-refractivity contribution in [2.45, 2.75) is 12.8 Å². The van der Waals surface area contributed by atoms with E-state index in [0.29, 0.717) is 17.1 Å². The Labute approximate surface area is 479 Å². The van der Waals surface area contributed by atoms with E-state index in [0.717, 1.165) is 102 Å². The third kappa shape index (κ3) is 9.45. The van der Waals surface area contributed by atoms with E-state index < -0.39 is 0 Å². The van der Waals surface area contributed by atoms with E-state index in [1.165, 1.54) is 11.0 Å². The number of anilines is 7.